The average Bonchev–Trinajstić information content (AvgIpc) is 3.49. The Morgan fingerprint density at radius 3 is 2.06 bits per heavy atom. The van der Waals surface area contributed by atoms with E-state index in [1.807, 2.05) is 91.0 Å². The lowest BCUT2D eigenvalue weighted by atomic mass is 9.96. The molecule has 6 heteroatoms. The topological polar surface area (TPSA) is 60.9 Å². The Labute approximate surface area is 282 Å². The summed E-state index contributed by atoms with van der Waals surface area (Å²) in [5, 5.41) is 0. The lowest BCUT2D eigenvalue weighted by Gasteiger charge is -2.24. The molecule has 0 radical (unpaired) electrons. The summed E-state index contributed by atoms with van der Waals surface area (Å²) in [5.41, 5.74) is 11.3. The van der Waals surface area contributed by atoms with Gasteiger partial charge >= 0.3 is 5.97 Å². The van der Waals surface area contributed by atoms with E-state index in [1.54, 1.807) is 5.57 Å². The number of likely N-dealkylation sites (N-methyl/N-ethyl adjacent to an activating group) is 1. The molecule has 0 atom stereocenters. The maximum absolute atomic E-state index is 14.1. The van der Waals surface area contributed by atoms with Crippen LogP contribution in [0.4, 0.5) is 0 Å². The van der Waals surface area contributed by atoms with Crippen molar-refractivity contribution in [1.29, 1.82) is 0 Å². The molecule has 1 aliphatic heterocycles. The van der Waals surface area contributed by atoms with Gasteiger partial charge in [0.25, 0.3) is 0 Å². The Hall–Kier alpha value is -5.20. The molecule has 1 aromatic heterocycles. The predicted octanol–water partition coefficient (Wildman–Crippen LogP) is 8.47. The van der Waals surface area contributed by atoms with E-state index in [0.29, 0.717) is 12.2 Å². The van der Waals surface area contributed by atoms with Crippen molar-refractivity contribution in [2.24, 2.45) is 0 Å². The van der Waals surface area contributed by atoms with Gasteiger partial charge in [0, 0.05) is 24.2 Å². The van der Waals surface area contributed by atoms with Crippen molar-refractivity contribution in [3.63, 3.8) is 0 Å². The van der Waals surface area contributed by atoms with E-state index in [2.05, 4.69) is 37.1 Å². The lowest BCUT2D eigenvalue weighted by Crippen LogP contribution is -2.26. The Bertz CT molecular complexity index is 1940. The first kappa shape index (κ1) is 31.4. The van der Waals surface area contributed by atoms with Crippen LogP contribution in [0.15, 0.2) is 115 Å². The quantitative estimate of drug-likeness (QED) is 0.136. The van der Waals surface area contributed by atoms with Gasteiger partial charge in [0.2, 0.25) is 5.88 Å². The van der Waals surface area contributed by atoms with E-state index < -0.39 is 5.97 Å². The molecule has 4 aromatic carbocycles. The maximum atomic E-state index is 14.1. The number of pyridine rings is 1. The molecule has 2 aliphatic rings. The molecule has 0 bridgehead atoms. The van der Waals surface area contributed by atoms with Crippen molar-refractivity contribution in [3.8, 4) is 22.9 Å². The zero-order chi connectivity index (χ0) is 32.9. The number of aromatic nitrogens is 1. The standard InChI is InChI=1S/C42H40N2O4/c1-3-35-39(33-19-20-36-34(24-33)23-32-21-22-44(2)25-37(32)36)43-41(47-27-30-15-9-5-10-16-30)38(40(35)46-26-29-13-7-4-8-14-29)42(45)48-28-31-17-11-6-12-18-31/h4-20,24H,3,21-23,25-28H2,1-2H3. The number of carbonyl (C=O) groups excluding carboxylic acids is 1. The molecule has 0 N–H and O–H groups in total. The minimum absolute atomic E-state index is 0.122. The third-order valence-corrected chi connectivity index (χ3v) is 9.19. The second-order valence-corrected chi connectivity index (χ2v) is 12.5. The van der Waals surface area contributed by atoms with Crippen molar-refractivity contribution >= 4 is 11.5 Å². The van der Waals surface area contributed by atoms with Crippen LogP contribution in [0.3, 0.4) is 0 Å². The molecule has 6 nitrogen and oxygen atoms in total. The number of benzene rings is 4. The first-order valence-electron chi connectivity index (χ1n) is 16.7. The zero-order valence-electron chi connectivity index (χ0n) is 27.6. The minimum atomic E-state index is -0.534. The molecule has 242 valence electrons. The number of esters is 1. The number of carbonyl (C=O) groups is 1. The second-order valence-electron chi connectivity index (χ2n) is 12.5. The highest BCUT2D eigenvalue weighted by Crippen LogP contribution is 2.43. The van der Waals surface area contributed by atoms with Gasteiger partial charge in [0.05, 0.1) is 5.69 Å². The zero-order valence-corrected chi connectivity index (χ0v) is 27.6. The van der Waals surface area contributed by atoms with Crippen LogP contribution in [0.5, 0.6) is 11.6 Å². The van der Waals surface area contributed by atoms with E-state index >= 15 is 0 Å². The summed E-state index contributed by atoms with van der Waals surface area (Å²) in [6, 6.07) is 36.2. The van der Waals surface area contributed by atoms with E-state index in [4.69, 9.17) is 19.2 Å². The second kappa shape index (κ2) is 14.3. The first-order chi connectivity index (χ1) is 23.6. The molecular formula is C42H40N2O4. The fourth-order valence-electron chi connectivity index (χ4n) is 6.66. The number of ether oxygens (including phenoxy) is 3. The molecule has 0 saturated heterocycles. The summed E-state index contributed by atoms with van der Waals surface area (Å²) in [4.78, 5) is 21.6. The molecular weight excluding hydrogens is 596 g/mol. The van der Waals surface area contributed by atoms with Crippen LogP contribution in [-0.2, 0) is 37.4 Å². The maximum Gasteiger partial charge on any atom is 0.347 e. The molecule has 1 aliphatic carbocycles. The predicted molar refractivity (Wildman–Crippen MR) is 189 cm³/mol. The van der Waals surface area contributed by atoms with Crippen LogP contribution in [0.25, 0.3) is 16.8 Å². The molecule has 48 heavy (non-hydrogen) atoms. The van der Waals surface area contributed by atoms with Gasteiger partial charge in [-0.15, -0.1) is 0 Å². The van der Waals surface area contributed by atoms with Crippen LogP contribution in [0, 0.1) is 0 Å². The van der Waals surface area contributed by atoms with Crippen LogP contribution >= 0.6 is 0 Å². The Morgan fingerprint density at radius 1 is 0.792 bits per heavy atom. The number of rotatable bonds is 11. The number of fused-ring (bicyclic) bond motifs is 2. The molecule has 0 spiro atoms. The molecule has 0 amide bonds. The van der Waals surface area contributed by atoms with Gasteiger partial charge < -0.3 is 19.1 Å². The summed E-state index contributed by atoms with van der Waals surface area (Å²) < 4.78 is 19.0. The normalized spacial score (nSPS) is 14.0. The van der Waals surface area contributed by atoms with Crippen molar-refractivity contribution in [1.82, 2.24) is 9.88 Å². The molecule has 0 saturated carbocycles. The number of hydrogen-bond acceptors (Lipinski definition) is 6. The highest BCUT2D eigenvalue weighted by molar-refractivity contribution is 5.97. The average molecular weight is 637 g/mol. The van der Waals surface area contributed by atoms with Crippen molar-refractivity contribution < 1.29 is 19.0 Å². The Kier molecular flexibility index (Phi) is 9.34. The summed E-state index contributed by atoms with van der Waals surface area (Å²) >= 11 is 0. The van der Waals surface area contributed by atoms with Crippen molar-refractivity contribution in [2.45, 2.75) is 46.0 Å². The SMILES string of the molecule is CCc1c(-c2ccc3c(c2)CC2=C3CN(C)CC2)nc(OCc2ccccc2)c(C(=O)OCc2ccccc2)c1OCc1ccccc1. The summed E-state index contributed by atoms with van der Waals surface area (Å²) in [7, 11) is 2.19. The first-order valence-corrected chi connectivity index (χ1v) is 16.7. The molecule has 0 fully saturated rings. The lowest BCUT2D eigenvalue weighted by molar-refractivity contribution is 0.0460. The van der Waals surface area contributed by atoms with Crippen LogP contribution < -0.4 is 9.47 Å². The molecule has 2 heterocycles. The van der Waals surface area contributed by atoms with Gasteiger partial charge in [-0.3, -0.25) is 0 Å². The van der Waals surface area contributed by atoms with Gasteiger partial charge in [0.1, 0.15) is 25.6 Å². The summed E-state index contributed by atoms with van der Waals surface area (Å²) in [5.74, 6) is 0.118. The largest absolute Gasteiger partial charge is 0.487 e. The minimum Gasteiger partial charge on any atom is -0.487 e. The fourth-order valence-corrected chi connectivity index (χ4v) is 6.66. The Balaban J connectivity index is 1.33. The highest BCUT2D eigenvalue weighted by atomic mass is 16.5. The van der Waals surface area contributed by atoms with Gasteiger partial charge in [0.15, 0.2) is 5.56 Å². The van der Waals surface area contributed by atoms with E-state index in [9.17, 15) is 4.79 Å². The van der Waals surface area contributed by atoms with Gasteiger partial charge in [-0.2, -0.15) is 0 Å². The third kappa shape index (κ3) is 6.76. The third-order valence-electron chi connectivity index (χ3n) is 9.19. The van der Waals surface area contributed by atoms with Gasteiger partial charge in [-0.05, 0) is 65.8 Å². The monoisotopic (exact) mass is 636 g/mol. The Morgan fingerprint density at radius 2 is 1.42 bits per heavy atom. The van der Waals surface area contributed by atoms with Crippen LogP contribution in [0.2, 0.25) is 0 Å². The fraction of sp³-hybridized carbons (Fsp3) is 0.238. The molecule has 5 aromatic rings. The molecule has 7 rings (SSSR count). The summed E-state index contributed by atoms with van der Waals surface area (Å²) in [6.07, 6.45) is 2.66. The highest BCUT2D eigenvalue weighted by Gasteiger charge is 2.30. The van der Waals surface area contributed by atoms with Crippen LogP contribution in [-0.4, -0.2) is 36.0 Å². The molecule has 0 unspecified atom stereocenters. The van der Waals surface area contributed by atoms with Crippen LogP contribution in [0.1, 0.15) is 57.1 Å². The van der Waals surface area contributed by atoms with Gasteiger partial charge in [-0.25, -0.2) is 9.78 Å². The van der Waals surface area contributed by atoms with Gasteiger partial charge in [-0.1, -0.05) is 116 Å². The van der Waals surface area contributed by atoms with Crippen molar-refractivity contribution in [2.75, 3.05) is 20.1 Å². The number of hydrogen-bond donors (Lipinski definition) is 0. The summed E-state index contributed by atoms with van der Waals surface area (Å²) in [6.45, 7) is 4.79. The van der Waals surface area contributed by atoms with Crippen molar-refractivity contribution in [3.05, 3.63) is 154 Å². The van der Waals surface area contributed by atoms with E-state index in [0.717, 1.165) is 59.4 Å². The van der Waals surface area contributed by atoms with E-state index in [-0.39, 0.29) is 31.3 Å². The number of nitrogens with zero attached hydrogens (tertiary/aromatic N) is 2. The van der Waals surface area contributed by atoms with E-state index in [1.165, 1.54) is 16.7 Å². The smallest absolute Gasteiger partial charge is 0.347 e.